The third-order valence-electron chi connectivity index (χ3n) is 4.11. The fraction of sp³-hybridized carbons (Fsp3) is 0.0526. The zero-order valence-corrected chi connectivity index (χ0v) is 14.3. The van der Waals surface area contributed by atoms with Gasteiger partial charge in [-0.15, -0.1) is 0 Å². The van der Waals surface area contributed by atoms with Gasteiger partial charge in [-0.25, -0.2) is 14.4 Å². The second kappa shape index (κ2) is 6.33. The SMILES string of the molecule is Bc1ccc(Cn2ccc3nc(-c4cccc(Cl)c4F)nc-3c2)cc1. The molecule has 0 aliphatic carbocycles. The Hall–Kier alpha value is -2.66. The van der Waals surface area contributed by atoms with Gasteiger partial charge in [0.2, 0.25) is 0 Å². The van der Waals surface area contributed by atoms with Crippen molar-refractivity contribution in [3.05, 3.63) is 77.3 Å². The molecule has 0 fully saturated rings. The number of aromatic nitrogens is 3. The van der Waals surface area contributed by atoms with Crippen molar-refractivity contribution in [3.8, 4) is 22.8 Å². The minimum absolute atomic E-state index is 0.0702. The lowest BCUT2D eigenvalue weighted by atomic mass is 9.95. The third kappa shape index (κ3) is 3.15. The summed E-state index contributed by atoms with van der Waals surface area (Å²) in [6, 6.07) is 15.1. The first-order valence-electron chi connectivity index (χ1n) is 7.93. The number of pyridine rings is 1. The number of imidazole rings is 1. The predicted molar refractivity (Wildman–Crippen MR) is 101 cm³/mol. The Balaban J connectivity index is 1.69. The van der Waals surface area contributed by atoms with Gasteiger partial charge in [0.05, 0.1) is 16.3 Å². The molecule has 0 saturated heterocycles. The molecule has 0 spiro atoms. The van der Waals surface area contributed by atoms with Crippen molar-refractivity contribution in [2.24, 2.45) is 0 Å². The van der Waals surface area contributed by atoms with E-state index in [-0.39, 0.29) is 5.02 Å². The van der Waals surface area contributed by atoms with E-state index in [1.165, 1.54) is 17.1 Å². The summed E-state index contributed by atoms with van der Waals surface area (Å²) >= 11 is 5.85. The maximum Gasteiger partial charge on any atom is 0.163 e. The number of hydrogen-bond donors (Lipinski definition) is 0. The van der Waals surface area contributed by atoms with E-state index in [0.717, 1.165) is 17.9 Å². The molecule has 0 unspecified atom stereocenters. The van der Waals surface area contributed by atoms with Gasteiger partial charge in [-0.2, -0.15) is 0 Å². The van der Waals surface area contributed by atoms with Crippen LogP contribution in [0.25, 0.3) is 22.8 Å². The third-order valence-corrected chi connectivity index (χ3v) is 4.40. The zero-order valence-electron chi connectivity index (χ0n) is 13.6. The van der Waals surface area contributed by atoms with Gasteiger partial charge < -0.3 is 4.57 Å². The van der Waals surface area contributed by atoms with Gasteiger partial charge in [0.25, 0.3) is 0 Å². The summed E-state index contributed by atoms with van der Waals surface area (Å²) in [5.74, 6) is -0.143. The van der Waals surface area contributed by atoms with Crippen molar-refractivity contribution < 1.29 is 4.39 Å². The summed E-state index contributed by atoms with van der Waals surface area (Å²) in [4.78, 5) is 8.89. The van der Waals surface area contributed by atoms with Gasteiger partial charge in [-0.05, 0) is 23.8 Å². The Morgan fingerprint density at radius 1 is 1.00 bits per heavy atom. The average Bonchev–Trinajstić information content (AvgIpc) is 3.02. The van der Waals surface area contributed by atoms with Gasteiger partial charge in [0.15, 0.2) is 11.6 Å². The number of hydrogen-bond acceptors (Lipinski definition) is 2. The normalized spacial score (nSPS) is 11.1. The quantitative estimate of drug-likeness (QED) is 0.532. The Morgan fingerprint density at radius 3 is 2.56 bits per heavy atom. The average molecular weight is 350 g/mol. The summed E-state index contributed by atoms with van der Waals surface area (Å²) in [7, 11) is 2.07. The zero-order chi connectivity index (χ0) is 17.4. The highest BCUT2D eigenvalue weighted by atomic mass is 35.5. The predicted octanol–water partition coefficient (Wildman–Crippen LogP) is 3.15. The first kappa shape index (κ1) is 15.8. The highest BCUT2D eigenvalue weighted by Crippen LogP contribution is 2.29. The van der Waals surface area contributed by atoms with Crippen LogP contribution in [0.4, 0.5) is 4.39 Å². The van der Waals surface area contributed by atoms with E-state index < -0.39 is 5.82 Å². The van der Waals surface area contributed by atoms with Crippen molar-refractivity contribution >= 4 is 24.9 Å². The van der Waals surface area contributed by atoms with Crippen LogP contribution < -0.4 is 5.46 Å². The summed E-state index contributed by atoms with van der Waals surface area (Å²) in [6.07, 6.45) is 3.88. The fourth-order valence-corrected chi connectivity index (χ4v) is 2.93. The number of rotatable bonds is 3. The molecule has 6 heteroatoms. The molecule has 2 aliphatic heterocycles. The Kier molecular flexibility index (Phi) is 4.02. The summed E-state index contributed by atoms with van der Waals surface area (Å²) in [5, 5.41) is 0.0702. The van der Waals surface area contributed by atoms with Gasteiger partial charge in [0, 0.05) is 18.9 Å². The lowest BCUT2D eigenvalue weighted by Gasteiger charge is -2.08. The van der Waals surface area contributed by atoms with Crippen LogP contribution in [-0.4, -0.2) is 22.4 Å². The van der Waals surface area contributed by atoms with E-state index in [2.05, 4.69) is 42.1 Å². The molecule has 4 rings (SSSR count). The van der Waals surface area contributed by atoms with Crippen LogP contribution in [-0.2, 0) is 6.54 Å². The Labute approximate surface area is 150 Å². The standard InChI is InChI=1S/C19H14BClFN3/c20-13-6-4-12(5-7-13)10-25-9-8-16-17(11-25)24-19(23-16)14-2-1-3-15(21)18(14)22/h1-9,11H,10,20H2. The lowest BCUT2D eigenvalue weighted by Crippen LogP contribution is -2.04. The maximum atomic E-state index is 14.2. The van der Waals surface area contributed by atoms with Crippen molar-refractivity contribution in [1.29, 1.82) is 0 Å². The summed E-state index contributed by atoms with van der Waals surface area (Å²) in [6.45, 7) is 0.740. The molecule has 0 radical (unpaired) electrons. The van der Waals surface area contributed by atoms with Gasteiger partial charge in [0.1, 0.15) is 13.5 Å². The second-order valence-corrected chi connectivity index (χ2v) is 6.43. The van der Waals surface area contributed by atoms with Crippen LogP contribution >= 0.6 is 11.6 Å². The number of halogens is 2. The van der Waals surface area contributed by atoms with Crippen LogP contribution in [0.1, 0.15) is 5.56 Å². The summed E-state index contributed by atoms with van der Waals surface area (Å²) < 4.78 is 16.2. The molecule has 3 nitrogen and oxygen atoms in total. The van der Waals surface area contributed by atoms with Crippen LogP contribution in [0.3, 0.4) is 0 Å². The van der Waals surface area contributed by atoms with Gasteiger partial charge in [-0.1, -0.05) is 47.4 Å². The fourth-order valence-electron chi connectivity index (χ4n) is 2.75. The molecule has 122 valence electrons. The minimum Gasteiger partial charge on any atom is -0.348 e. The molecule has 2 aromatic rings. The summed E-state index contributed by atoms with van der Waals surface area (Å²) in [5.41, 5.74) is 4.21. The van der Waals surface area contributed by atoms with Crippen LogP contribution in [0.5, 0.6) is 0 Å². The molecular weight excluding hydrogens is 335 g/mol. The van der Waals surface area contributed by atoms with Gasteiger partial charge >= 0.3 is 0 Å². The molecule has 2 heterocycles. The molecule has 0 bridgehead atoms. The highest BCUT2D eigenvalue weighted by molar-refractivity contribution is 6.32. The molecule has 0 saturated carbocycles. The smallest absolute Gasteiger partial charge is 0.163 e. The Morgan fingerprint density at radius 2 is 1.76 bits per heavy atom. The first-order valence-corrected chi connectivity index (χ1v) is 8.31. The number of benzene rings is 2. The molecule has 0 atom stereocenters. The number of nitrogens with zero attached hydrogens (tertiary/aromatic N) is 3. The molecule has 25 heavy (non-hydrogen) atoms. The van der Waals surface area contributed by atoms with E-state index in [0.29, 0.717) is 11.4 Å². The molecule has 0 amide bonds. The van der Waals surface area contributed by atoms with E-state index in [1.54, 1.807) is 12.1 Å². The lowest BCUT2D eigenvalue weighted by molar-refractivity contribution is 0.630. The largest absolute Gasteiger partial charge is 0.348 e. The minimum atomic E-state index is -0.494. The van der Waals surface area contributed by atoms with Crippen molar-refractivity contribution in [2.75, 3.05) is 0 Å². The molecule has 2 aromatic carbocycles. The molecule has 2 aliphatic rings. The van der Waals surface area contributed by atoms with Crippen LogP contribution in [0, 0.1) is 5.82 Å². The molecular formula is C19H14BClFN3. The monoisotopic (exact) mass is 349 g/mol. The van der Waals surface area contributed by atoms with Crippen molar-refractivity contribution in [1.82, 2.24) is 14.5 Å². The Bertz CT molecular complexity index is 1010. The number of fused-ring (bicyclic) bond motifs is 1. The van der Waals surface area contributed by atoms with Crippen molar-refractivity contribution in [3.63, 3.8) is 0 Å². The maximum absolute atomic E-state index is 14.2. The highest BCUT2D eigenvalue weighted by Gasteiger charge is 2.16. The van der Waals surface area contributed by atoms with Crippen LogP contribution in [0.15, 0.2) is 60.9 Å². The first-order chi connectivity index (χ1) is 12.1. The van der Waals surface area contributed by atoms with E-state index in [4.69, 9.17) is 11.6 Å². The van der Waals surface area contributed by atoms with E-state index >= 15 is 0 Å². The topological polar surface area (TPSA) is 30.7 Å². The van der Waals surface area contributed by atoms with Crippen LogP contribution in [0.2, 0.25) is 5.02 Å². The van der Waals surface area contributed by atoms with Gasteiger partial charge in [-0.3, -0.25) is 0 Å². The molecule has 0 aromatic heterocycles. The second-order valence-electron chi connectivity index (χ2n) is 6.02. The van der Waals surface area contributed by atoms with E-state index in [9.17, 15) is 4.39 Å². The molecule has 0 N–H and O–H groups in total. The van der Waals surface area contributed by atoms with Crippen molar-refractivity contribution in [2.45, 2.75) is 6.54 Å². The van der Waals surface area contributed by atoms with E-state index in [1.807, 2.05) is 23.0 Å².